The molecule has 2 aliphatic rings. The van der Waals surface area contributed by atoms with Gasteiger partial charge >= 0.3 is 0 Å². The Morgan fingerprint density at radius 1 is 0.590 bits per heavy atom. The zero-order chi connectivity index (χ0) is 41.7. The minimum atomic E-state index is -0.157. The van der Waals surface area contributed by atoms with E-state index in [4.69, 9.17) is 19.4 Å². The number of pyridine rings is 1. The molecule has 0 bridgehead atoms. The molecule has 296 valence electrons. The third-order valence-electron chi connectivity index (χ3n) is 12.8. The zero-order valence-corrected chi connectivity index (χ0v) is 35.7. The predicted octanol–water partition coefficient (Wildman–Crippen LogP) is 12.5. The van der Waals surface area contributed by atoms with Crippen molar-refractivity contribution in [3.63, 3.8) is 0 Å². The Kier molecular flexibility index (Phi) is 8.57. The van der Waals surface area contributed by atoms with Crippen molar-refractivity contribution < 1.29 is 9.47 Å². The van der Waals surface area contributed by atoms with Crippen LogP contribution in [0.25, 0.3) is 61.3 Å². The Morgan fingerprint density at radius 3 is 1.95 bits per heavy atom. The zero-order valence-electron chi connectivity index (χ0n) is 35.7. The molecule has 4 heterocycles. The standard InChI is InChI=1S/C55H46BN3O2/c1-31(2)42-30-43(32(3)4)54-51-53(42)60-49-21-19-38(47-29-37(23-24-57-47)41-16-12-14-36-13-8-9-15-40(36)41)27-44(49)56(51)45-28-39(20-22-50(45)61-54)55-58-46-17-10-11-18-48(46)59(55)52-34(6)25-33(5)26-35(52)7/h8-32H,1-7H3. The highest BCUT2D eigenvalue weighted by molar-refractivity contribution is 6.98. The first-order valence-corrected chi connectivity index (χ1v) is 21.5. The van der Waals surface area contributed by atoms with Gasteiger partial charge in [-0.25, -0.2) is 4.98 Å². The van der Waals surface area contributed by atoms with E-state index in [1.54, 1.807) is 0 Å². The second-order valence-electron chi connectivity index (χ2n) is 17.5. The number of benzene rings is 7. The SMILES string of the molecule is Cc1cc(C)c(-n2c(-c3ccc4c(c3)B3c5cc(-c6cc(-c7cccc8ccccc78)ccn6)ccc5Oc5c(C(C)C)cc(C(C)C)c(c53)O4)nc3ccccc32)c(C)c1. The largest absolute Gasteiger partial charge is 0.458 e. The Labute approximate surface area is 357 Å². The summed E-state index contributed by atoms with van der Waals surface area (Å²) in [7, 11) is 0. The van der Waals surface area contributed by atoms with E-state index in [1.165, 1.54) is 49.8 Å². The third kappa shape index (κ3) is 5.91. The highest BCUT2D eigenvalue weighted by Crippen LogP contribution is 2.44. The van der Waals surface area contributed by atoms with Gasteiger partial charge in [0.1, 0.15) is 28.8 Å². The quantitative estimate of drug-likeness (QED) is 0.157. The van der Waals surface area contributed by atoms with Gasteiger partial charge in [-0.3, -0.25) is 9.55 Å². The monoisotopic (exact) mass is 791 g/mol. The van der Waals surface area contributed by atoms with Gasteiger partial charge in [-0.1, -0.05) is 112 Å². The van der Waals surface area contributed by atoms with Crippen molar-refractivity contribution in [1.29, 1.82) is 0 Å². The van der Waals surface area contributed by atoms with Crippen LogP contribution in [0.3, 0.4) is 0 Å². The lowest BCUT2D eigenvalue weighted by atomic mass is 9.34. The molecule has 0 saturated carbocycles. The topological polar surface area (TPSA) is 49.2 Å². The van der Waals surface area contributed by atoms with Crippen LogP contribution in [-0.2, 0) is 0 Å². The van der Waals surface area contributed by atoms with Gasteiger partial charge in [0.25, 0.3) is 6.71 Å². The number of imidazole rings is 1. The fourth-order valence-electron chi connectivity index (χ4n) is 10.00. The molecule has 0 unspecified atom stereocenters. The van der Waals surface area contributed by atoms with Crippen molar-refractivity contribution in [3.05, 3.63) is 167 Å². The number of hydrogen-bond donors (Lipinski definition) is 0. The molecule has 0 spiro atoms. The van der Waals surface area contributed by atoms with E-state index in [1.807, 2.05) is 6.20 Å². The van der Waals surface area contributed by atoms with Gasteiger partial charge in [0, 0.05) is 17.2 Å². The molecule has 6 heteroatoms. The van der Waals surface area contributed by atoms with Gasteiger partial charge in [-0.2, -0.15) is 0 Å². The van der Waals surface area contributed by atoms with Gasteiger partial charge < -0.3 is 9.47 Å². The van der Waals surface area contributed by atoms with Crippen LogP contribution >= 0.6 is 0 Å². The number of ether oxygens (including phenoxy) is 2. The summed E-state index contributed by atoms with van der Waals surface area (Å²) < 4.78 is 16.5. The number of fused-ring (bicyclic) bond motifs is 6. The molecule has 0 N–H and O–H groups in total. The van der Waals surface area contributed by atoms with E-state index in [0.717, 1.165) is 78.6 Å². The average molecular weight is 792 g/mol. The molecule has 5 nitrogen and oxygen atoms in total. The van der Waals surface area contributed by atoms with Crippen LogP contribution in [0.4, 0.5) is 0 Å². The summed E-state index contributed by atoms with van der Waals surface area (Å²) in [5.41, 5.74) is 17.9. The summed E-state index contributed by atoms with van der Waals surface area (Å²) in [5.74, 6) is 4.91. The van der Waals surface area contributed by atoms with Crippen molar-refractivity contribution in [3.8, 4) is 62.5 Å². The predicted molar refractivity (Wildman–Crippen MR) is 253 cm³/mol. The smallest absolute Gasteiger partial charge is 0.260 e. The molecular weight excluding hydrogens is 745 g/mol. The van der Waals surface area contributed by atoms with E-state index in [9.17, 15) is 0 Å². The van der Waals surface area contributed by atoms with Gasteiger partial charge in [0.15, 0.2) is 0 Å². The van der Waals surface area contributed by atoms with Crippen LogP contribution in [0.2, 0.25) is 0 Å². The van der Waals surface area contributed by atoms with Crippen LogP contribution in [-0.4, -0.2) is 21.2 Å². The van der Waals surface area contributed by atoms with Crippen LogP contribution in [0.15, 0.2) is 140 Å². The molecule has 0 atom stereocenters. The van der Waals surface area contributed by atoms with E-state index < -0.39 is 0 Å². The van der Waals surface area contributed by atoms with Crippen LogP contribution in [0.1, 0.15) is 67.3 Å². The average Bonchev–Trinajstić information content (AvgIpc) is 3.64. The van der Waals surface area contributed by atoms with Gasteiger partial charge in [0.2, 0.25) is 0 Å². The van der Waals surface area contributed by atoms with Gasteiger partial charge in [-0.05, 0) is 148 Å². The Morgan fingerprint density at radius 2 is 1.23 bits per heavy atom. The van der Waals surface area contributed by atoms with Crippen LogP contribution < -0.4 is 25.9 Å². The molecule has 11 rings (SSSR count). The number of aryl methyl sites for hydroxylation is 3. The molecule has 0 fully saturated rings. The first kappa shape index (κ1) is 37.1. The molecule has 9 aromatic rings. The number of nitrogens with zero attached hydrogens (tertiary/aromatic N) is 3. The molecule has 0 radical (unpaired) electrons. The highest BCUT2D eigenvalue weighted by atomic mass is 16.5. The molecule has 0 saturated heterocycles. The summed E-state index contributed by atoms with van der Waals surface area (Å²) >= 11 is 0. The van der Waals surface area contributed by atoms with Crippen molar-refractivity contribution in [2.24, 2.45) is 0 Å². The highest BCUT2D eigenvalue weighted by Gasteiger charge is 2.43. The second kappa shape index (κ2) is 14.1. The van der Waals surface area contributed by atoms with Crippen molar-refractivity contribution in [1.82, 2.24) is 14.5 Å². The number of para-hydroxylation sites is 2. The number of rotatable bonds is 6. The Hall–Kier alpha value is -6.92. The lowest BCUT2D eigenvalue weighted by molar-refractivity contribution is 0.452. The first-order chi connectivity index (χ1) is 29.6. The molecular formula is C55H46BN3O2. The Balaban J connectivity index is 1.13. The molecule has 0 amide bonds. The van der Waals surface area contributed by atoms with Crippen molar-refractivity contribution in [2.75, 3.05) is 0 Å². The van der Waals surface area contributed by atoms with Gasteiger partial charge in [-0.15, -0.1) is 0 Å². The molecule has 2 aromatic heterocycles. The molecule has 0 aliphatic carbocycles. The molecule has 61 heavy (non-hydrogen) atoms. The fourth-order valence-corrected chi connectivity index (χ4v) is 10.00. The van der Waals surface area contributed by atoms with E-state index in [0.29, 0.717) is 0 Å². The lowest BCUT2D eigenvalue weighted by Gasteiger charge is -2.36. The van der Waals surface area contributed by atoms with E-state index >= 15 is 0 Å². The number of aromatic nitrogens is 3. The van der Waals surface area contributed by atoms with E-state index in [2.05, 4.69) is 186 Å². The van der Waals surface area contributed by atoms with Crippen LogP contribution in [0.5, 0.6) is 23.0 Å². The Bertz CT molecular complexity index is 3210. The normalized spacial score (nSPS) is 12.7. The first-order valence-electron chi connectivity index (χ1n) is 21.5. The summed E-state index contributed by atoms with van der Waals surface area (Å²) in [4.78, 5) is 10.3. The van der Waals surface area contributed by atoms with Crippen LogP contribution in [0, 0.1) is 20.8 Å². The van der Waals surface area contributed by atoms with E-state index in [-0.39, 0.29) is 18.5 Å². The summed E-state index contributed by atoms with van der Waals surface area (Å²) in [6.07, 6.45) is 1.93. The maximum absolute atomic E-state index is 7.08. The third-order valence-corrected chi connectivity index (χ3v) is 12.8. The molecule has 2 aliphatic heterocycles. The summed E-state index contributed by atoms with van der Waals surface area (Å²) in [6.45, 7) is 15.4. The summed E-state index contributed by atoms with van der Waals surface area (Å²) in [5, 5.41) is 2.44. The minimum Gasteiger partial charge on any atom is -0.458 e. The number of hydrogen-bond acceptors (Lipinski definition) is 4. The lowest BCUT2D eigenvalue weighted by Crippen LogP contribution is -2.58. The van der Waals surface area contributed by atoms with Gasteiger partial charge in [0.05, 0.1) is 22.4 Å². The second-order valence-corrected chi connectivity index (χ2v) is 17.5. The van der Waals surface area contributed by atoms with Crippen molar-refractivity contribution in [2.45, 2.75) is 60.3 Å². The minimum absolute atomic E-state index is 0.157. The maximum Gasteiger partial charge on any atom is 0.260 e. The molecule has 7 aromatic carbocycles. The summed E-state index contributed by atoms with van der Waals surface area (Å²) in [6, 6.07) is 48.0. The maximum atomic E-state index is 7.08. The van der Waals surface area contributed by atoms with Crippen molar-refractivity contribution >= 4 is 44.9 Å². The fraction of sp³-hybridized carbons (Fsp3) is 0.164.